The van der Waals surface area contributed by atoms with E-state index in [2.05, 4.69) is 27.4 Å². The Balaban J connectivity index is 1.31. The molecular weight excluding hydrogens is 474 g/mol. The standard InChI is InChI=1S/C25H28F2N4O3S/c1-14(22(33)30-24-29-20-9-15-4-3-5-16(15)10-21(20)35-24)31-7-6-25(26,27)19(12-31)17-8-18(13-32)23(34-2)28-11-17/h8-11,14,19,32H,3-7,12-13H2,1-2H3,(H,29,30,33)/t14-,19?/m0/s1. The van der Waals surface area contributed by atoms with E-state index in [0.717, 1.165) is 29.5 Å². The first-order chi connectivity index (χ1) is 16.8. The Morgan fingerprint density at radius 3 is 2.86 bits per heavy atom. The van der Waals surface area contributed by atoms with Gasteiger partial charge in [0.05, 0.1) is 35.9 Å². The van der Waals surface area contributed by atoms with Crippen LogP contribution in [0.2, 0.25) is 0 Å². The number of likely N-dealkylation sites (tertiary alicyclic amines) is 1. The molecule has 2 N–H and O–H groups in total. The summed E-state index contributed by atoms with van der Waals surface area (Å²) in [6.07, 6.45) is 4.29. The van der Waals surface area contributed by atoms with Gasteiger partial charge >= 0.3 is 0 Å². The molecule has 1 saturated heterocycles. The fourth-order valence-corrected chi connectivity index (χ4v) is 5.97. The van der Waals surface area contributed by atoms with Gasteiger partial charge in [-0.05, 0) is 61.1 Å². The minimum atomic E-state index is -2.96. The Kier molecular flexibility index (Phi) is 6.45. The molecule has 35 heavy (non-hydrogen) atoms. The number of carbonyl (C=O) groups is 1. The number of anilines is 1. The van der Waals surface area contributed by atoms with Gasteiger partial charge in [0.1, 0.15) is 0 Å². The fraction of sp³-hybridized carbons (Fsp3) is 0.480. The predicted octanol–water partition coefficient (Wildman–Crippen LogP) is 4.13. The molecule has 0 radical (unpaired) electrons. The number of thiazole rings is 1. The normalized spacial score (nSPS) is 20.5. The minimum absolute atomic E-state index is 0.00692. The largest absolute Gasteiger partial charge is 0.481 e. The van der Waals surface area contributed by atoms with Crippen LogP contribution < -0.4 is 10.1 Å². The van der Waals surface area contributed by atoms with Gasteiger partial charge in [-0.25, -0.2) is 18.7 Å². The molecule has 3 heterocycles. The van der Waals surface area contributed by atoms with E-state index in [1.165, 1.54) is 41.8 Å². The van der Waals surface area contributed by atoms with E-state index in [4.69, 9.17) is 4.74 Å². The Morgan fingerprint density at radius 1 is 1.34 bits per heavy atom. The lowest BCUT2D eigenvalue weighted by atomic mass is 9.86. The molecule has 186 valence electrons. The van der Waals surface area contributed by atoms with E-state index in [1.54, 1.807) is 11.8 Å². The topological polar surface area (TPSA) is 87.6 Å². The van der Waals surface area contributed by atoms with E-state index in [9.17, 15) is 18.7 Å². The number of pyridine rings is 1. The number of aryl methyl sites for hydroxylation is 2. The number of methoxy groups -OCH3 is 1. The van der Waals surface area contributed by atoms with Crippen LogP contribution in [0.4, 0.5) is 13.9 Å². The molecule has 0 spiro atoms. The number of hydrogen-bond donors (Lipinski definition) is 2. The van der Waals surface area contributed by atoms with Crippen LogP contribution in [0, 0.1) is 0 Å². The number of nitrogens with zero attached hydrogens (tertiary/aromatic N) is 3. The zero-order valence-electron chi connectivity index (χ0n) is 19.7. The van der Waals surface area contributed by atoms with Gasteiger partial charge in [-0.2, -0.15) is 0 Å². The van der Waals surface area contributed by atoms with E-state index in [-0.39, 0.29) is 37.9 Å². The maximum atomic E-state index is 14.9. The van der Waals surface area contributed by atoms with E-state index < -0.39 is 17.9 Å². The summed E-state index contributed by atoms with van der Waals surface area (Å²) in [7, 11) is 1.41. The zero-order chi connectivity index (χ0) is 24.7. The number of fused-ring (bicyclic) bond motifs is 2. The van der Waals surface area contributed by atoms with Crippen LogP contribution in [0.25, 0.3) is 10.2 Å². The number of ether oxygens (including phenoxy) is 1. The van der Waals surface area contributed by atoms with Gasteiger partial charge in [0, 0.05) is 31.3 Å². The second kappa shape index (κ2) is 9.40. The first-order valence-electron chi connectivity index (χ1n) is 11.8. The number of benzene rings is 1. The molecule has 3 aromatic rings. The second-order valence-corrected chi connectivity index (χ2v) is 10.3. The molecule has 2 atom stereocenters. The summed E-state index contributed by atoms with van der Waals surface area (Å²) in [5.41, 5.74) is 4.22. The number of alkyl halides is 2. The Morgan fingerprint density at radius 2 is 2.11 bits per heavy atom. The third kappa shape index (κ3) is 4.62. The van der Waals surface area contributed by atoms with Crippen molar-refractivity contribution in [1.29, 1.82) is 0 Å². The van der Waals surface area contributed by atoms with Crippen molar-refractivity contribution in [2.75, 3.05) is 25.5 Å². The second-order valence-electron chi connectivity index (χ2n) is 9.28. The first kappa shape index (κ1) is 24.0. The lowest BCUT2D eigenvalue weighted by Gasteiger charge is -2.40. The van der Waals surface area contributed by atoms with Gasteiger partial charge in [-0.3, -0.25) is 9.69 Å². The van der Waals surface area contributed by atoms with Gasteiger partial charge in [0.25, 0.3) is 5.92 Å². The van der Waals surface area contributed by atoms with E-state index >= 15 is 0 Å². The van der Waals surface area contributed by atoms with Crippen molar-refractivity contribution in [1.82, 2.24) is 14.9 Å². The highest BCUT2D eigenvalue weighted by Crippen LogP contribution is 2.41. The molecule has 1 aliphatic carbocycles. The molecular formula is C25H28F2N4O3S. The van der Waals surface area contributed by atoms with Crippen molar-refractivity contribution in [2.24, 2.45) is 0 Å². The first-order valence-corrected chi connectivity index (χ1v) is 12.6. The SMILES string of the molecule is COc1ncc(C2CN([C@@H](C)C(=O)Nc3nc4cc5c(cc4s3)CCC5)CCC2(F)F)cc1CO. The number of aromatic nitrogens is 2. The summed E-state index contributed by atoms with van der Waals surface area (Å²) in [6, 6.07) is 5.16. The third-order valence-electron chi connectivity index (χ3n) is 7.13. The number of carbonyl (C=O) groups excluding carboxylic acids is 1. The highest BCUT2D eigenvalue weighted by atomic mass is 32.1. The smallest absolute Gasteiger partial charge is 0.257 e. The summed E-state index contributed by atoms with van der Waals surface area (Å²) >= 11 is 1.44. The molecule has 1 fully saturated rings. The van der Waals surface area contributed by atoms with Crippen molar-refractivity contribution >= 4 is 32.6 Å². The Labute approximate surface area is 206 Å². The summed E-state index contributed by atoms with van der Waals surface area (Å²) in [6.45, 7) is 1.45. The molecule has 2 aromatic heterocycles. The quantitative estimate of drug-likeness (QED) is 0.527. The Bertz CT molecular complexity index is 1220. The maximum absolute atomic E-state index is 14.9. The summed E-state index contributed by atoms with van der Waals surface area (Å²) in [5.74, 6) is -4.17. The molecule has 10 heteroatoms. The number of nitrogens with one attached hydrogen (secondary N) is 1. The number of amides is 1. The van der Waals surface area contributed by atoms with E-state index in [1.807, 2.05) is 0 Å². The van der Waals surface area contributed by atoms with Gasteiger partial charge < -0.3 is 15.2 Å². The van der Waals surface area contributed by atoms with Crippen molar-refractivity contribution in [3.05, 3.63) is 46.6 Å². The highest BCUT2D eigenvalue weighted by Gasteiger charge is 2.46. The maximum Gasteiger partial charge on any atom is 0.257 e. The number of aliphatic hydroxyl groups is 1. The number of piperidine rings is 1. The predicted molar refractivity (Wildman–Crippen MR) is 130 cm³/mol. The number of hydrogen-bond acceptors (Lipinski definition) is 7. The zero-order valence-corrected chi connectivity index (χ0v) is 20.5. The average Bonchev–Trinajstić information content (AvgIpc) is 3.46. The highest BCUT2D eigenvalue weighted by molar-refractivity contribution is 7.22. The average molecular weight is 503 g/mol. The van der Waals surface area contributed by atoms with Crippen molar-refractivity contribution in [2.45, 2.75) is 57.1 Å². The van der Waals surface area contributed by atoms with Gasteiger partial charge in [-0.1, -0.05) is 11.3 Å². The molecule has 1 amide bonds. The lowest BCUT2D eigenvalue weighted by Crippen LogP contribution is -2.52. The minimum Gasteiger partial charge on any atom is -0.481 e. The van der Waals surface area contributed by atoms with Crippen LogP contribution in [0.15, 0.2) is 24.4 Å². The Hall–Kier alpha value is -2.69. The van der Waals surface area contributed by atoms with Gasteiger partial charge in [0.2, 0.25) is 11.8 Å². The molecule has 0 saturated carbocycles. The molecule has 7 nitrogen and oxygen atoms in total. The fourth-order valence-electron chi connectivity index (χ4n) is 5.05. The van der Waals surface area contributed by atoms with Crippen LogP contribution in [0.1, 0.15) is 47.9 Å². The molecule has 0 bridgehead atoms. The van der Waals surface area contributed by atoms with Crippen LogP contribution in [0.5, 0.6) is 5.88 Å². The van der Waals surface area contributed by atoms with Crippen LogP contribution in [-0.4, -0.2) is 58.0 Å². The van der Waals surface area contributed by atoms with Gasteiger partial charge in [0.15, 0.2) is 5.13 Å². The monoisotopic (exact) mass is 502 g/mol. The molecule has 2 aliphatic rings. The molecule has 5 rings (SSSR count). The molecule has 1 unspecified atom stereocenters. The molecule has 1 aromatic carbocycles. The summed E-state index contributed by atoms with van der Waals surface area (Å²) < 4.78 is 36.0. The van der Waals surface area contributed by atoms with Crippen molar-refractivity contribution < 1.29 is 23.4 Å². The number of halogens is 2. The van der Waals surface area contributed by atoms with E-state index in [0.29, 0.717) is 16.3 Å². The van der Waals surface area contributed by atoms with Gasteiger partial charge in [-0.15, -0.1) is 0 Å². The third-order valence-corrected chi connectivity index (χ3v) is 8.06. The number of aliphatic hydroxyl groups excluding tert-OH is 1. The lowest BCUT2D eigenvalue weighted by molar-refractivity contribution is -0.125. The van der Waals surface area contributed by atoms with Crippen LogP contribution in [-0.2, 0) is 24.2 Å². The molecule has 1 aliphatic heterocycles. The number of rotatable bonds is 6. The van der Waals surface area contributed by atoms with Crippen molar-refractivity contribution in [3.8, 4) is 5.88 Å². The summed E-state index contributed by atoms with van der Waals surface area (Å²) in [4.78, 5) is 23.5. The van der Waals surface area contributed by atoms with Crippen molar-refractivity contribution in [3.63, 3.8) is 0 Å². The summed E-state index contributed by atoms with van der Waals surface area (Å²) in [5, 5.41) is 13.0. The van der Waals surface area contributed by atoms with Crippen LogP contribution in [0.3, 0.4) is 0 Å². The van der Waals surface area contributed by atoms with Crippen LogP contribution >= 0.6 is 11.3 Å².